The Morgan fingerprint density at radius 3 is 2.03 bits per heavy atom. The van der Waals surface area contributed by atoms with Crippen molar-refractivity contribution in [3.63, 3.8) is 0 Å². The van der Waals surface area contributed by atoms with Gasteiger partial charge >= 0.3 is 0 Å². The van der Waals surface area contributed by atoms with Crippen LogP contribution in [0.1, 0.15) is 41.7 Å². The minimum absolute atomic E-state index is 0.741. The number of rotatable bonds is 7. The van der Waals surface area contributed by atoms with Gasteiger partial charge in [0, 0.05) is 24.9 Å². The Balaban J connectivity index is 1.92. The molecule has 0 aromatic heterocycles. The standard InChI is InChI=1S/C31H32N2/c1-5-22-32-30-21-20-29(27-10-8-9-11-28(27)30)31(24-14-12-23(4)13-15-24)25-16-18-26(19-17-25)33(6-2)7-3/h5,8-21H,1,6-7,22H2,2-4H3/p+1. The predicted molar refractivity (Wildman–Crippen MR) is 143 cm³/mol. The van der Waals surface area contributed by atoms with Crippen molar-refractivity contribution in [1.82, 2.24) is 0 Å². The largest absolute Gasteiger partial charge is 0.372 e. The van der Waals surface area contributed by atoms with Gasteiger partial charge in [0.15, 0.2) is 6.54 Å². The van der Waals surface area contributed by atoms with E-state index in [9.17, 15) is 0 Å². The zero-order chi connectivity index (χ0) is 23.2. The molecule has 3 aromatic rings. The predicted octanol–water partition coefficient (Wildman–Crippen LogP) is 5.43. The Bertz CT molecular complexity index is 1200. The Morgan fingerprint density at radius 2 is 1.42 bits per heavy atom. The molecule has 33 heavy (non-hydrogen) atoms. The van der Waals surface area contributed by atoms with E-state index in [1.807, 2.05) is 6.08 Å². The zero-order valence-corrected chi connectivity index (χ0v) is 19.9. The van der Waals surface area contributed by atoms with Crippen molar-refractivity contribution < 1.29 is 4.99 Å². The maximum atomic E-state index is 3.85. The molecule has 0 amide bonds. The topological polar surface area (TPSA) is 17.2 Å². The van der Waals surface area contributed by atoms with Gasteiger partial charge < -0.3 is 4.90 Å². The molecular formula is C31H33N2+. The van der Waals surface area contributed by atoms with Gasteiger partial charge in [0.05, 0.1) is 5.56 Å². The minimum Gasteiger partial charge on any atom is -0.372 e. The van der Waals surface area contributed by atoms with Crippen LogP contribution in [0.15, 0.2) is 97.6 Å². The molecule has 0 saturated heterocycles. The number of anilines is 1. The maximum absolute atomic E-state index is 3.85. The summed E-state index contributed by atoms with van der Waals surface area (Å²) in [6, 6.07) is 26.5. The summed E-state index contributed by atoms with van der Waals surface area (Å²) in [7, 11) is 0. The molecule has 0 unspecified atom stereocenters. The molecule has 0 spiro atoms. The molecule has 0 saturated carbocycles. The minimum atomic E-state index is 0.741. The van der Waals surface area contributed by atoms with Gasteiger partial charge in [-0.15, -0.1) is 0 Å². The first-order chi connectivity index (χ1) is 16.2. The second-order valence-corrected chi connectivity index (χ2v) is 8.34. The molecule has 166 valence electrons. The van der Waals surface area contributed by atoms with E-state index in [0.29, 0.717) is 0 Å². The third kappa shape index (κ3) is 4.75. The molecule has 1 N–H and O–H groups in total. The smallest absolute Gasteiger partial charge is 0.206 e. The number of hydrogen-bond donors (Lipinski definition) is 1. The molecule has 0 heterocycles. The van der Waals surface area contributed by atoms with Crippen LogP contribution in [-0.4, -0.2) is 25.3 Å². The molecule has 0 atom stereocenters. The van der Waals surface area contributed by atoms with Crippen molar-refractivity contribution in [3.8, 4) is 0 Å². The van der Waals surface area contributed by atoms with Crippen LogP contribution in [0.3, 0.4) is 0 Å². The first-order valence-corrected chi connectivity index (χ1v) is 11.8. The van der Waals surface area contributed by atoms with E-state index in [2.05, 4.69) is 122 Å². The van der Waals surface area contributed by atoms with Gasteiger partial charge in [-0.3, -0.25) is 0 Å². The Labute approximate surface area is 198 Å². The third-order valence-corrected chi connectivity index (χ3v) is 6.26. The van der Waals surface area contributed by atoms with E-state index >= 15 is 0 Å². The van der Waals surface area contributed by atoms with Gasteiger partial charge in [-0.05, 0) is 79.0 Å². The summed E-state index contributed by atoms with van der Waals surface area (Å²) in [5.74, 6) is 0. The average molecular weight is 434 g/mol. The quantitative estimate of drug-likeness (QED) is 0.492. The van der Waals surface area contributed by atoms with Crippen molar-refractivity contribution >= 4 is 22.5 Å². The number of fused-ring (bicyclic) bond motifs is 1. The SMILES string of the molecule is C=CC[NH+]=C1C=CC(=C(c2ccc(C)cc2)c2ccc(N(CC)CC)cc2)c2ccccc21. The highest BCUT2D eigenvalue weighted by molar-refractivity contribution is 6.17. The maximum Gasteiger partial charge on any atom is 0.206 e. The molecule has 0 fully saturated rings. The summed E-state index contributed by atoms with van der Waals surface area (Å²) in [4.78, 5) is 5.87. The van der Waals surface area contributed by atoms with Crippen molar-refractivity contribution in [2.45, 2.75) is 20.8 Å². The highest BCUT2D eigenvalue weighted by Gasteiger charge is 2.22. The van der Waals surface area contributed by atoms with Gasteiger partial charge in [0.2, 0.25) is 5.71 Å². The molecule has 0 bridgehead atoms. The molecule has 1 aliphatic rings. The lowest BCUT2D eigenvalue weighted by Gasteiger charge is -2.22. The first kappa shape index (κ1) is 22.5. The van der Waals surface area contributed by atoms with Gasteiger partial charge in [0.1, 0.15) is 0 Å². The van der Waals surface area contributed by atoms with Gasteiger partial charge in [-0.1, -0.05) is 66.7 Å². The second-order valence-electron chi connectivity index (χ2n) is 8.34. The van der Waals surface area contributed by atoms with Crippen LogP contribution in [0.2, 0.25) is 0 Å². The van der Waals surface area contributed by atoms with Crippen LogP contribution in [-0.2, 0) is 0 Å². The van der Waals surface area contributed by atoms with Gasteiger partial charge in [0.25, 0.3) is 0 Å². The lowest BCUT2D eigenvalue weighted by molar-refractivity contribution is -0.442. The first-order valence-electron chi connectivity index (χ1n) is 11.8. The second kappa shape index (κ2) is 10.3. The number of nitrogens with zero attached hydrogens (tertiary/aromatic N) is 1. The van der Waals surface area contributed by atoms with Crippen LogP contribution in [0.25, 0.3) is 11.1 Å². The van der Waals surface area contributed by atoms with E-state index in [1.165, 1.54) is 44.7 Å². The summed E-state index contributed by atoms with van der Waals surface area (Å²) >= 11 is 0. The Kier molecular flexibility index (Phi) is 7.04. The molecule has 2 nitrogen and oxygen atoms in total. The van der Waals surface area contributed by atoms with E-state index in [0.717, 1.165) is 25.3 Å². The monoisotopic (exact) mass is 433 g/mol. The normalized spacial score (nSPS) is 15.3. The molecule has 0 aliphatic heterocycles. The van der Waals surface area contributed by atoms with Crippen LogP contribution >= 0.6 is 0 Å². The van der Waals surface area contributed by atoms with Gasteiger partial charge in [-0.25, -0.2) is 4.99 Å². The summed E-state index contributed by atoms with van der Waals surface area (Å²) in [5, 5.41) is 0. The summed E-state index contributed by atoms with van der Waals surface area (Å²) < 4.78 is 0. The molecule has 0 radical (unpaired) electrons. The number of hydrogen-bond acceptors (Lipinski definition) is 1. The molecular weight excluding hydrogens is 400 g/mol. The van der Waals surface area contributed by atoms with Crippen LogP contribution < -0.4 is 9.89 Å². The lowest BCUT2D eigenvalue weighted by atomic mass is 9.83. The van der Waals surface area contributed by atoms with Crippen molar-refractivity contribution in [1.29, 1.82) is 0 Å². The lowest BCUT2D eigenvalue weighted by Crippen LogP contribution is -2.72. The average Bonchev–Trinajstić information content (AvgIpc) is 2.86. The fourth-order valence-corrected chi connectivity index (χ4v) is 4.48. The van der Waals surface area contributed by atoms with E-state index in [-0.39, 0.29) is 0 Å². The zero-order valence-electron chi connectivity index (χ0n) is 19.9. The number of allylic oxidation sites excluding steroid dienone is 3. The van der Waals surface area contributed by atoms with Crippen molar-refractivity contribution in [3.05, 3.63) is 125 Å². The Morgan fingerprint density at radius 1 is 0.818 bits per heavy atom. The summed E-state index contributed by atoms with van der Waals surface area (Å²) in [6.07, 6.45) is 6.34. The fraction of sp³-hybridized carbons (Fsp3) is 0.194. The fourth-order valence-electron chi connectivity index (χ4n) is 4.48. The number of nitrogens with one attached hydrogen (secondary N) is 1. The summed E-state index contributed by atoms with van der Waals surface area (Å²) in [5.41, 5.74) is 11.1. The molecule has 2 heteroatoms. The van der Waals surface area contributed by atoms with E-state index < -0.39 is 0 Å². The molecule has 1 aliphatic carbocycles. The molecule has 4 rings (SSSR count). The molecule has 3 aromatic carbocycles. The number of benzene rings is 3. The van der Waals surface area contributed by atoms with Crippen molar-refractivity contribution in [2.24, 2.45) is 0 Å². The number of aryl methyl sites for hydroxylation is 1. The van der Waals surface area contributed by atoms with Crippen molar-refractivity contribution in [2.75, 3.05) is 24.5 Å². The van der Waals surface area contributed by atoms with Crippen LogP contribution in [0, 0.1) is 6.92 Å². The van der Waals surface area contributed by atoms with Crippen LogP contribution in [0.5, 0.6) is 0 Å². The third-order valence-electron chi connectivity index (χ3n) is 6.26. The summed E-state index contributed by atoms with van der Waals surface area (Å²) in [6.45, 7) is 13.2. The van der Waals surface area contributed by atoms with Gasteiger partial charge in [-0.2, -0.15) is 0 Å². The highest BCUT2D eigenvalue weighted by Crippen LogP contribution is 2.37. The highest BCUT2D eigenvalue weighted by atomic mass is 15.1. The van der Waals surface area contributed by atoms with Crippen LogP contribution in [0.4, 0.5) is 5.69 Å². The van der Waals surface area contributed by atoms with E-state index in [4.69, 9.17) is 0 Å². The van der Waals surface area contributed by atoms with E-state index in [1.54, 1.807) is 0 Å². The Hall–Kier alpha value is -3.65.